The molecule has 1 unspecified atom stereocenters. The molecule has 0 aliphatic heterocycles. The van der Waals surface area contributed by atoms with E-state index in [9.17, 15) is 9.59 Å². The molecule has 0 aliphatic carbocycles. The fraction of sp³-hybridized carbons (Fsp3) is 0.385. The number of carbonyl (C=O) groups is 2. The number of benzene rings is 1. The van der Waals surface area contributed by atoms with Crippen molar-refractivity contribution >= 4 is 11.9 Å². The van der Waals surface area contributed by atoms with Gasteiger partial charge in [-0.1, -0.05) is 0 Å². The fourth-order valence-corrected chi connectivity index (χ4v) is 1.60. The van der Waals surface area contributed by atoms with Crippen LogP contribution in [0, 0.1) is 0 Å². The lowest BCUT2D eigenvalue weighted by atomic mass is 10.1. The van der Waals surface area contributed by atoms with E-state index >= 15 is 0 Å². The zero-order chi connectivity index (χ0) is 14.3. The molecule has 1 aromatic carbocycles. The first-order chi connectivity index (χ1) is 9.04. The standard InChI is InChI=1S/C13H18N2O4/c14-8-2-1-3-11(13(18)19)15-12(17)9-4-6-10(16)7-5-9/h4-7,11,16H,1-3,8,14H2,(H,15,17)(H,18,19). The van der Waals surface area contributed by atoms with E-state index in [2.05, 4.69) is 5.32 Å². The van der Waals surface area contributed by atoms with Crippen LogP contribution in [0.3, 0.4) is 0 Å². The van der Waals surface area contributed by atoms with E-state index < -0.39 is 17.9 Å². The first kappa shape index (κ1) is 15.0. The topological polar surface area (TPSA) is 113 Å². The number of carboxylic acid groups (broad SMARTS) is 1. The lowest BCUT2D eigenvalue weighted by Crippen LogP contribution is -2.40. The van der Waals surface area contributed by atoms with Gasteiger partial charge in [0.2, 0.25) is 0 Å². The average Bonchev–Trinajstić information content (AvgIpc) is 2.38. The van der Waals surface area contributed by atoms with Gasteiger partial charge in [0.15, 0.2) is 0 Å². The molecule has 0 spiro atoms. The van der Waals surface area contributed by atoms with Crippen molar-refractivity contribution in [1.82, 2.24) is 5.32 Å². The van der Waals surface area contributed by atoms with E-state index in [0.29, 0.717) is 24.9 Å². The molecule has 6 heteroatoms. The Balaban J connectivity index is 2.60. The van der Waals surface area contributed by atoms with Gasteiger partial charge in [0, 0.05) is 5.56 Å². The minimum Gasteiger partial charge on any atom is -0.508 e. The van der Waals surface area contributed by atoms with Gasteiger partial charge in [-0.05, 0) is 50.1 Å². The zero-order valence-electron chi connectivity index (χ0n) is 10.5. The van der Waals surface area contributed by atoms with Crippen LogP contribution in [0.15, 0.2) is 24.3 Å². The molecule has 0 fully saturated rings. The highest BCUT2D eigenvalue weighted by atomic mass is 16.4. The van der Waals surface area contributed by atoms with Gasteiger partial charge in [0.05, 0.1) is 0 Å². The van der Waals surface area contributed by atoms with Gasteiger partial charge in [-0.25, -0.2) is 4.79 Å². The Kier molecular flexibility index (Phi) is 5.81. The SMILES string of the molecule is NCCCCC(NC(=O)c1ccc(O)cc1)C(=O)O. The molecule has 0 bridgehead atoms. The maximum absolute atomic E-state index is 11.8. The molecule has 1 aromatic rings. The number of carboxylic acids is 1. The molecule has 0 aliphatic rings. The molecule has 0 aromatic heterocycles. The number of aromatic hydroxyl groups is 1. The lowest BCUT2D eigenvalue weighted by molar-refractivity contribution is -0.139. The van der Waals surface area contributed by atoms with E-state index in [0.717, 1.165) is 6.42 Å². The first-order valence-corrected chi connectivity index (χ1v) is 6.07. The van der Waals surface area contributed by atoms with Crippen LogP contribution in [0.2, 0.25) is 0 Å². The second-order valence-corrected chi connectivity index (χ2v) is 4.20. The van der Waals surface area contributed by atoms with Crippen LogP contribution in [-0.4, -0.2) is 34.7 Å². The minimum atomic E-state index is -1.07. The van der Waals surface area contributed by atoms with Crippen LogP contribution < -0.4 is 11.1 Å². The van der Waals surface area contributed by atoms with Crippen molar-refractivity contribution in [3.8, 4) is 5.75 Å². The Labute approximate surface area is 111 Å². The number of phenols is 1. The maximum Gasteiger partial charge on any atom is 0.326 e. The molecule has 19 heavy (non-hydrogen) atoms. The number of phenolic OH excluding ortho intramolecular Hbond substituents is 1. The van der Waals surface area contributed by atoms with Gasteiger partial charge in [-0.2, -0.15) is 0 Å². The summed E-state index contributed by atoms with van der Waals surface area (Å²) in [5, 5.41) is 20.6. The third kappa shape index (κ3) is 4.97. The Morgan fingerprint density at radius 1 is 1.21 bits per heavy atom. The van der Waals surface area contributed by atoms with E-state index in [4.69, 9.17) is 15.9 Å². The summed E-state index contributed by atoms with van der Waals surface area (Å²) in [5.41, 5.74) is 5.65. The zero-order valence-corrected chi connectivity index (χ0v) is 10.5. The number of amides is 1. The van der Waals surface area contributed by atoms with Crippen LogP contribution >= 0.6 is 0 Å². The summed E-state index contributed by atoms with van der Waals surface area (Å²) >= 11 is 0. The van der Waals surface area contributed by atoms with E-state index in [1.165, 1.54) is 24.3 Å². The van der Waals surface area contributed by atoms with Crippen molar-refractivity contribution in [2.45, 2.75) is 25.3 Å². The van der Waals surface area contributed by atoms with Gasteiger partial charge < -0.3 is 21.3 Å². The van der Waals surface area contributed by atoms with E-state index in [1.807, 2.05) is 0 Å². The quantitative estimate of drug-likeness (QED) is 0.543. The fourth-order valence-electron chi connectivity index (χ4n) is 1.60. The summed E-state index contributed by atoms with van der Waals surface area (Å²) in [5.74, 6) is -1.49. The van der Waals surface area contributed by atoms with Crippen LogP contribution in [0.5, 0.6) is 5.75 Å². The molecule has 5 N–H and O–H groups in total. The summed E-state index contributed by atoms with van der Waals surface area (Å²) in [6.45, 7) is 0.498. The van der Waals surface area contributed by atoms with Gasteiger partial charge in [0.1, 0.15) is 11.8 Å². The molecular weight excluding hydrogens is 248 g/mol. The number of carbonyl (C=O) groups excluding carboxylic acids is 1. The summed E-state index contributed by atoms with van der Waals surface area (Å²) in [6.07, 6.45) is 1.71. The summed E-state index contributed by atoms with van der Waals surface area (Å²) in [7, 11) is 0. The molecule has 0 heterocycles. The molecule has 1 atom stereocenters. The Bertz CT molecular complexity index is 431. The molecule has 0 saturated carbocycles. The smallest absolute Gasteiger partial charge is 0.326 e. The van der Waals surface area contributed by atoms with Crippen molar-refractivity contribution < 1.29 is 19.8 Å². The number of unbranched alkanes of at least 4 members (excludes halogenated alkanes) is 1. The number of rotatable bonds is 7. The van der Waals surface area contributed by atoms with Crippen LogP contribution in [-0.2, 0) is 4.79 Å². The molecule has 1 amide bonds. The van der Waals surface area contributed by atoms with Crippen LogP contribution in [0.25, 0.3) is 0 Å². The molecule has 104 valence electrons. The van der Waals surface area contributed by atoms with Gasteiger partial charge in [-0.3, -0.25) is 4.79 Å². The molecule has 1 rings (SSSR count). The highest BCUT2D eigenvalue weighted by Gasteiger charge is 2.19. The van der Waals surface area contributed by atoms with Crippen molar-refractivity contribution in [3.63, 3.8) is 0 Å². The van der Waals surface area contributed by atoms with Crippen molar-refractivity contribution in [1.29, 1.82) is 0 Å². The molecule has 0 saturated heterocycles. The minimum absolute atomic E-state index is 0.0503. The predicted molar refractivity (Wildman–Crippen MR) is 69.9 cm³/mol. The van der Waals surface area contributed by atoms with Crippen LogP contribution in [0.1, 0.15) is 29.6 Å². The van der Waals surface area contributed by atoms with Crippen molar-refractivity contribution in [2.24, 2.45) is 5.73 Å². The molecule has 0 radical (unpaired) electrons. The van der Waals surface area contributed by atoms with Crippen molar-refractivity contribution in [3.05, 3.63) is 29.8 Å². The second kappa shape index (κ2) is 7.38. The number of hydrogen-bond acceptors (Lipinski definition) is 4. The monoisotopic (exact) mass is 266 g/mol. The number of nitrogens with one attached hydrogen (secondary N) is 1. The number of hydrogen-bond donors (Lipinski definition) is 4. The molecular formula is C13H18N2O4. The summed E-state index contributed by atoms with van der Waals surface area (Å²) < 4.78 is 0. The largest absolute Gasteiger partial charge is 0.508 e. The highest BCUT2D eigenvalue weighted by molar-refractivity contribution is 5.96. The van der Waals surface area contributed by atoms with Gasteiger partial charge in [-0.15, -0.1) is 0 Å². The maximum atomic E-state index is 11.8. The second-order valence-electron chi connectivity index (χ2n) is 4.20. The van der Waals surface area contributed by atoms with E-state index in [1.54, 1.807) is 0 Å². The number of nitrogens with two attached hydrogens (primary N) is 1. The van der Waals surface area contributed by atoms with Gasteiger partial charge in [0.25, 0.3) is 5.91 Å². The van der Waals surface area contributed by atoms with Crippen LogP contribution in [0.4, 0.5) is 0 Å². The average molecular weight is 266 g/mol. The third-order valence-electron chi connectivity index (χ3n) is 2.68. The summed E-state index contributed by atoms with van der Waals surface area (Å²) in [4.78, 5) is 22.9. The van der Waals surface area contributed by atoms with Gasteiger partial charge >= 0.3 is 5.97 Å². The summed E-state index contributed by atoms with van der Waals surface area (Å²) in [6, 6.07) is 4.69. The predicted octanol–water partition coefficient (Wildman–Crippen LogP) is 0.704. The first-order valence-electron chi connectivity index (χ1n) is 6.07. The highest BCUT2D eigenvalue weighted by Crippen LogP contribution is 2.10. The molecule has 6 nitrogen and oxygen atoms in total. The normalized spacial score (nSPS) is 11.8. The Morgan fingerprint density at radius 2 is 1.84 bits per heavy atom. The van der Waals surface area contributed by atoms with E-state index in [-0.39, 0.29) is 5.75 Å². The Hall–Kier alpha value is -2.08. The van der Waals surface area contributed by atoms with Crippen molar-refractivity contribution in [2.75, 3.05) is 6.54 Å². The Morgan fingerprint density at radius 3 is 2.37 bits per heavy atom. The lowest BCUT2D eigenvalue weighted by Gasteiger charge is -2.14. The number of aliphatic carboxylic acids is 1. The third-order valence-corrected chi connectivity index (χ3v) is 2.68.